The van der Waals surface area contributed by atoms with Gasteiger partial charge in [-0.2, -0.15) is 10.1 Å². The summed E-state index contributed by atoms with van der Waals surface area (Å²) in [6.07, 6.45) is 3.83. The summed E-state index contributed by atoms with van der Waals surface area (Å²) in [5.41, 5.74) is 2.24. The van der Waals surface area contributed by atoms with Crippen molar-refractivity contribution in [1.82, 2.24) is 30.0 Å². The maximum Gasteiger partial charge on any atom is 0.317 e. The number of rotatable bonds is 5. The molecule has 2 saturated heterocycles. The normalized spacial score (nSPS) is 21.0. The third-order valence-electron chi connectivity index (χ3n) is 7.65. The summed E-state index contributed by atoms with van der Waals surface area (Å²) < 4.78 is 22.3. The van der Waals surface area contributed by atoms with Crippen molar-refractivity contribution >= 4 is 45.0 Å². The third kappa shape index (κ3) is 5.39. The Balaban J connectivity index is 1.36. The molecule has 2 aromatic carbocycles. The van der Waals surface area contributed by atoms with Gasteiger partial charge in [-0.3, -0.25) is 14.3 Å². The van der Waals surface area contributed by atoms with Gasteiger partial charge in [0.2, 0.25) is 5.91 Å². The van der Waals surface area contributed by atoms with Gasteiger partial charge in [-0.05, 0) is 38.1 Å². The van der Waals surface area contributed by atoms with E-state index in [2.05, 4.69) is 39.5 Å². The van der Waals surface area contributed by atoms with Crippen LogP contribution in [0.25, 0.3) is 21.8 Å². The van der Waals surface area contributed by atoms with Gasteiger partial charge in [0.15, 0.2) is 5.82 Å². The quantitative estimate of drug-likeness (QED) is 0.383. The number of halogens is 1. The Labute approximate surface area is 236 Å². The number of amides is 2. The second-order valence-corrected chi connectivity index (χ2v) is 11.1. The monoisotopic (exact) mass is 560 g/mol. The van der Waals surface area contributed by atoms with Crippen LogP contribution in [0, 0.1) is 5.82 Å². The minimum Gasteiger partial charge on any atom is -0.458 e. The van der Waals surface area contributed by atoms with E-state index in [9.17, 15) is 14.0 Å². The minimum absolute atomic E-state index is 0.000449. The summed E-state index contributed by atoms with van der Waals surface area (Å²) >= 11 is 0. The number of nitrogens with one attached hydrogen (secondary N) is 2. The summed E-state index contributed by atoms with van der Waals surface area (Å²) in [5.74, 6) is -0.950. The van der Waals surface area contributed by atoms with Gasteiger partial charge in [0, 0.05) is 86.7 Å². The first-order chi connectivity index (χ1) is 19.6. The number of benzene rings is 2. The van der Waals surface area contributed by atoms with Crippen LogP contribution in [0.5, 0.6) is 6.01 Å². The number of aryl methyl sites for hydroxylation is 1. The predicted octanol–water partition coefficient (Wildman–Crippen LogP) is 3.09. The van der Waals surface area contributed by atoms with Crippen molar-refractivity contribution < 1.29 is 18.7 Å². The number of carbonyl (C=O) groups excluding carboxylic acids is 2. The number of hydrogen-bond acceptors (Lipinski definition) is 8. The lowest BCUT2D eigenvalue weighted by molar-refractivity contribution is -0.128. The number of anilines is 2. The number of ether oxygens (including phenoxy) is 1. The Hall–Kier alpha value is -4.32. The molecule has 3 atom stereocenters. The lowest BCUT2D eigenvalue weighted by Gasteiger charge is -2.38. The molecule has 2 N–H and O–H groups in total. The van der Waals surface area contributed by atoms with E-state index in [1.807, 2.05) is 6.07 Å². The Bertz CT molecular complexity index is 1650. The topological polar surface area (TPSA) is 118 Å². The fourth-order valence-electron chi connectivity index (χ4n) is 5.87. The first-order valence-corrected chi connectivity index (χ1v) is 13.8. The first kappa shape index (κ1) is 26.9. The highest BCUT2D eigenvalue weighted by molar-refractivity contribution is 6.14. The largest absolute Gasteiger partial charge is 0.458 e. The minimum atomic E-state index is -0.519. The van der Waals surface area contributed by atoms with Crippen LogP contribution in [0.2, 0.25) is 0 Å². The van der Waals surface area contributed by atoms with Gasteiger partial charge in [-0.25, -0.2) is 9.37 Å². The van der Waals surface area contributed by atoms with Crippen molar-refractivity contribution in [3.8, 4) is 6.01 Å². The summed E-state index contributed by atoms with van der Waals surface area (Å²) in [4.78, 5) is 38.6. The van der Waals surface area contributed by atoms with Crippen LogP contribution in [0.4, 0.5) is 15.8 Å². The molecule has 2 aliphatic rings. The van der Waals surface area contributed by atoms with E-state index in [1.54, 1.807) is 36.5 Å². The molecule has 0 spiro atoms. The molecule has 0 aliphatic carbocycles. The van der Waals surface area contributed by atoms with Crippen LogP contribution in [-0.2, 0) is 11.8 Å². The second-order valence-electron chi connectivity index (χ2n) is 11.1. The summed E-state index contributed by atoms with van der Waals surface area (Å²) in [6, 6.07) is 7.31. The molecule has 2 aromatic heterocycles. The molecular weight excluding hydrogens is 527 g/mol. The molecule has 0 unspecified atom stereocenters. The molecular formula is C29H33FN8O3. The SMILES string of the molecule is CC(=O)N1CC[C@@H](Oc2ncc3c(N4C[C@@H](C)N[C@@H](C)C4)ccc(C(=O)Nc4cc(F)c5nn(C)cc5c4)c3n2)C1. The molecule has 11 nitrogen and oxygen atoms in total. The van der Waals surface area contributed by atoms with Crippen LogP contribution >= 0.6 is 0 Å². The first-order valence-electron chi connectivity index (χ1n) is 13.8. The van der Waals surface area contributed by atoms with Gasteiger partial charge in [0.1, 0.15) is 11.6 Å². The number of likely N-dealkylation sites (tertiary alicyclic amines) is 1. The average Bonchev–Trinajstić information content (AvgIpc) is 3.53. The van der Waals surface area contributed by atoms with Gasteiger partial charge in [-0.1, -0.05) is 0 Å². The number of carbonyl (C=O) groups is 2. The molecule has 2 aliphatic heterocycles. The Morgan fingerprint density at radius 2 is 1.90 bits per heavy atom. The molecule has 0 bridgehead atoms. The molecule has 12 heteroatoms. The molecule has 6 rings (SSSR count). The Morgan fingerprint density at radius 1 is 1.12 bits per heavy atom. The average molecular weight is 561 g/mol. The number of fused-ring (bicyclic) bond motifs is 2. The van der Waals surface area contributed by atoms with Crippen LogP contribution < -0.4 is 20.3 Å². The zero-order valence-corrected chi connectivity index (χ0v) is 23.5. The molecule has 4 heterocycles. The van der Waals surface area contributed by atoms with E-state index >= 15 is 0 Å². The summed E-state index contributed by atoms with van der Waals surface area (Å²) in [6.45, 7) is 8.47. The predicted molar refractivity (Wildman–Crippen MR) is 154 cm³/mol. The van der Waals surface area contributed by atoms with E-state index < -0.39 is 11.7 Å². The van der Waals surface area contributed by atoms with Crippen molar-refractivity contribution in [2.75, 3.05) is 36.4 Å². The molecule has 2 fully saturated rings. The van der Waals surface area contributed by atoms with Crippen molar-refractivity contribution in [1.29, 1.82) is 0 Å². The van der Waals surface area contributed by atoms with Crippen LogP contribution in [-0.4, -0.2) is 80.8 Å². The Morgan fingerprint density at radius 3 is 2.63 bits per heavy atom. The summed E-state index contributed by atoms with van der Waals surface area (Å²) in [5, 5.41) is 11.8. The van der Waals surface area contributed by atoms with E-state index in [4.69, 9.17) is 9.72 Å². The number of piperazine rings is 1. The highest BCUT2D eigenvalue weighted by Crippen LogP contribution is 2.32. The molecule has 214 valence electrons. The van der Waals surface area contributed by atoms with Gasteiger partial charge in [0.25, 0.3) is 5.91 Å². The maximum absolute atomic E-state index is 14.7. The number of nitrogens with zero attached hydrogens (tertiary/aromatic N) is 6. The van der Waals surface area contributed by atoms with Crippen LogP contribution in [0.15, 0.2) is 36.7 Å². The van der Waals surface area contributed by atoms with Crippen LogP contribution in [0.3, 0.4) is 0 Å². The molecule has 41 heavy (non-hydrogen) atoms. The Kier molecular flexibility index (Phi) is 6.94. The number of aromatic nitrogens is 4. The highest BCUT2D eigenvalue weighted by atomic mass is 19.1. The molecule has 4 aromatic rings. The molecule has 0 radical (unpaired) electrons. The second kappa shape index (κ2) is 10.6. The van der Waals surface area contributed by atoms with Crippen molar-refractivity contribution in [3.63, 3.8) is 0 Å². The summed E-state index contributed by atoms with van der Waals surface area (Å²) in [7, 11) is 1.72. The van der Waals surface area contributed by atoms with Gasteiger partial charge < -0.3 is 25.2 Å². The van der Waals surface area contributed by atoms with Crippen molar-refractivity contribution in [3.05, 3.63) is 48.0 Å². The zero-order chi connectivity index (χ0) is 28.8. The third-order valence-corrected chi connectivity index (χ3v) is 7.65. The lowest BCUT2D eigenvalue weighted by atomic mass is 10.0. The molecule has 0 saturated carbocycles. The van der Waals surface area contributed by atoms with Crippen molar-refractivity contribution in [2.24, 2.45) is 7.05 Å². The number of hydrogen-bond donors (Lipinski definition) is 2. The van der Waals surface area contributed by atoms with E-state index in [0.717, 1.165) is 24.2 Å². The van der Waals surface area contributed by atoms with Gasteiger partial charge >= 0.3 is 6.01 Å². The smallest absolute Gasteiger partial charge is 0.317 e. The van der Waals surface area contributed by atoms with E-state index in [-0.39, 0.29) is 35.6 Å². The standard InChI is InChI=1S/C29H33FN8O3/c1-16-12-38(13-17(2)32-16)25-6-5-22(28(40)33-20-9-19-14-36(4)35-26(19)24(30)10-20)27-23(25)11-31-29(34-27)41-21-7-8-37(15-21)18(3)39/h5-6,9-11,14,16-17,21,32H,7-8,12-13,15H2,1-4H3,(H,33,40)/t16-,17+,21-/m1/s1. The zero-order valence-electron chi connectivity index (χ0n) is 23.5. The van der Waals surface area contributed by atoms with E-state index in [1.165, 1.54) is 17.7 Å². The molecule has 2 amide bonds. The van der Waals surface area contributed by atoms with Gasteiger partial charge in [0.05, 0.1) is 17.6 Å². The maximum atomic E-state index is 14.7. The lowest BCUT2D eigenvalue weighted by Crippen LogP contribution is -2.54. The fourth-order valence-corrected chi connectivity index (χ4v) is 5.87. The van der Waals surface area contributed by atoms with Crippen LogP contribution in [0.1, 0.15) is 37.6 Å². The van der Waals surface area contributed by atoms with Crippen molar-refractivity contribution in [2.45, 2.75) is 45.4 Å². The van der Waals surface area contributed by atoms with E-state index in [0.29, 0.717) is 41.7 Å². The highest BCUT2D eigenvalue weighted by Gasteiger charge is 2.28. The fraction of sp³-hybridized carbons (Fsp3) is 0.414. The van der Waals surface area contributed by atoms with Gasteiger partial charge in [-0.15, -0.1) is 0 Å².